The topological polar surface area (TPSA) is 52.8 Å². The Hall–Kier alpha value is -3.64. The highest BCUT2D eigenvalue weighted by Crippen LogP contribution is 2.17. The lowest BCUT2D eigenvalue weighted by Gasteiger charge is -2.08. The van der Waals surface area contributed by atoms with Crippen molar-refractivity contribution in [2.75, 3.05) is 13.2 Å². The third-order valence-corrected chi connectivity index (χ3v) is 6.12. The van der Waals surface area contributed by atoms with Crippen LogP contribution in [0.4, 0.5) is 0 Å². The fourth-order valence-electron chi connectivity index (χ4n) is 3.53. The average molecular weight is 443 g/mol. The molecule has 2 aromatic heterocycles. The number of nitrogens with zero attached hydrogens (tertiary/aromatic N) is 2. The predicted molar refractivity (Wildman–Crippen MR) is 129 cm³/mol. The predicted octanol–water partition coefficient (Wildman–Crippen LogP) is 4.61. The molecule has 0 spiro atoms. The fraction of sp³-hybridized carbons (Fsp3) is 0.154. The van der Waals surface area contributed by atoms with Crippen LogP contribution in [-0.4, -0.2) is 22.6 Å². The summed E-state index contributed by atoms with van der Waals surface area (Å²) in [5.41, 5.74) is 3.77. The van der Waals surface area contributed by atoms with Gasteiger partial charge in [0.2, 0.25) is 0 Å². The van der Waals surface area contributed by atoms with E-state index in [2.05, 4.69) is 11.9 Å². The van der Waals surface area contributed by atoms with Gasteiger partial charge in [-0.05, 0) is 55.0 Å². The smallest absolute Gasteiger partial charge is 0.274 e. The normalized spacial score (nSPS) is 12.0. The number of aryl methyl sites for hydroxylation is 1. The molecule has 5 rings (SSSR count). The van der Waals surface area contributed by atoms with Gasteiger partial charge in [-0.2, -0.15) is 0 Å². The zero-order chi connectivity index (χ0) is 21.9. The molecule has 0 unspecified atom stereocenters. The first-order chi connectivity index (χ1) is 15.7. The Kier molecular flexibility index (Phi) is 5.60. The summed E-state index contributed by atoms with van der Waals surface area (Å²) in [6.07, 6.45) is 2.67. The number of hydrogen-bond acceptors (Lipinski definition) is 5. The molecule has 3 aromatic carbocycles. The fourth-order valence-corrected chi connectivity index (χ4v) is 4.52. The first-order valence-corrected chi connectivity index (χ1v) is 11.3. The quantitative estimate of drug-likeness (QED) is 0.345. The number of imidazole rings is 1. The van der Waals surface area contributed by atoms with Gasteiger partial charge in [0, 0.05) is 6.42 Å². The lowest BCUT2D eigenvalue weighted by Crippen LogP contribution is -2.22. The van der Waals surface area contributed by atoms with Crippen LogP contribution in [0.1, 0.15) is 17.5 Å². The Morgan fingerprint density at radius 2 is 1.72 bits per heavy atom. The zero-order valence-corrected chi connectivity index (χ0v) is 18.5. The molecular weight excluding hydrogens is 420 g/mol. The van der Waals surface area contributed by atoms with Gasteiger partial charge in [0.25, 0.3) is 5.56 Å². The minimum Gasteiger partial charge on any atom is -0.493 e. The van der Waals surface area contributed by atoms with E-state index in [-0.39, 0.29) is 5.56 Å². The second-order valence-corrected chi connectivity index (χ2v) is 8.58. The molecule has 2 heterocycles. The number of aromatic nitrogens is 2. The molecule has 0 fully saturated rings. The standard InChI is InChI=1S/C26H22N2O3S/c1-18-10-12-20(13-11-18)30-14-5-15-31-21-7-4-6-19(16-21)17-24-25(29)28-23-9-3-2-8-22(23)27-26(28)32-24/h2-4,6-13,16-17H,5,14-15H2,1H3/b24-17+. The van der Waals surface area contributed by atoms with Crippen molar-refractivity contribution in [1.82, 2.24) is 9.38 Å². The van der Waals surface area contributed by atoms with E-state index in [1.54, 1.807) is 4.40 Å². The lowest BCUT2D eigenvalue weighted by molar-refractivity contribution is 0.247. The van der Waals surface area contributed by atoms with Gasteiger partial charge in [0.15, 0.2) is 4.96 Å². The number of fused-ring (bicyclic) bond motifs is 3. The van der Waals surface area contributed by atoms with E-state index in [9.17, 15) is 4.79 Å². The molecule has 32 heavy (non-hydrogen) atoms. The molecule has 0 saturated heterocycles. The van der Waals surface area contributed by atoms with Crippen LogP contribution in [0.5, 0.6) is 11.5 Å². The van der Waals surface area contributed by atoms with Crippen molar-refractivity contribution in [3.05, 3.63) is 98.8 Å². The van der Waals surface area contributed by atoms with Gasteiger partial charge in [-0.1, -0.05) is 53.3 Å². The second-order valence-electron chi connectivity index (χ2n) is 7.57. The molecule has 0 aliphatic heterocycles. The van der Waals surface area contributed by atoms with Crippen molar-refractivity contribution in [2.24, 2.45) is 0 Å². The minimum absolute atomic E-state index is 0.0433. The van der Waals surface area contributed by atoms with Gasteiger partial charge < -0.3 is 9.47 Å². The van der Waals surface area contributed by atoms with Gasteiger partial charge in [-0.15, -0.1) is 0 Å². The van der Waals surface area contributed by atoms with E-state index in [1.807, 2.05) is 78.9 Å². The summed E-state index contributed by atoms with van der Waals surface area (Å²) in [4.78, 5) is 18.2. The molecule has 0 N–H and O–H groups in total. The summed E-state index contributed by atoms with van der Waals surface area (Å²) in [7, 11) is 0. The first-order valence-electron chi connectivity index (χ1n) is 10.5. The summed E-state index contributed by atoms with van der Waals surface area (Å²) in [6.45, 7) is 3.21. The summed E-state index contributed by atoms with van der Waals surface area (Å²) in [5, 5.41) is 0. The Morgan fingerprint density at radius 1 is 0.938 bits per heavy atom. The second kappa shape index (κ2) is 8.85. The molecule has 6 heteroatoms. The van der Waals surface area contributed by atoms with Crippen LogP contribution in [0.15, 0.2) is 77.6 Å². The van der Waals surface area contributed by atoms with Crippen molar-refractivity contribution in [3.8, 4) is 11.5 Å². The number of hydrogen-bond donors (Lipinski definition) is 0. The highest BCUT2D eigenvalue weighted by Gasteiger charge is 2.10. The Balaban J connectivity index is 1.26. The molecule has 0 amide bonds. The van der Waals surface area contributed by atoms with Crippen molar-refractivity contribution in [2.45, 2.75) is 13.3 Å². The zero-order valence-electron chi connectivity index (χ0n) is 17.7. The molecule has 0 saturated carbocycles. The third-order valence-electron chi connectivity index (χ3n) is 5.15. The first kappa shape index (κ1) is 20.3. The molecule has 5 nitrogen and oxygen atoms in total. The van der Waals surface area contributed by atoms with Gasteiger partial charge in [-0.25, -0.2) is 9.38 Å². The molecule has 0 atom stereocenters. The van der Waals surface area contributed by atoms with Crippen molar-refractivity contribution < 1.29 is 9.47 Å². The number of rotatable bonds is 7. The van der Waals surface area contributed by atoms with Crippen LogP contribution in [0.2, 0.25) is 0 Å². The summed E-state index contributed by atoms with van der Waals surface area (Å²) < 4.78 is 14.0. The van der Waals surface area contributed by atoms with Gasteiger partial charge >= 0.3 is 0 Å². The molecule has 0 aliphatic carbocycles. The molecule has 0 radical (unpaired) electrons. The molecular formula is C26H22N2O3S. The summed E-state index contributed by atoms with van der Waals surface area (Å²) in [5.74, 6) is 1.64. The number of para-hydroxylation sites is 2. The molecule has 0 aliphatic rings. The van der Waals surface area contributed by atoms with E-state index >= 15 is 0 Å². The Bertz CT molecular complexity index is 1490. The Labute approximate surface area is 189 Å². The van der Waals surface area contributed by atoms with Crippen LogP contribution in [0.3, 0.4) is 0 Å². The number of benzene rings is 3. The van der Waals surface area contributed by atoms with E-state index in [0.29, 0.717) is 22.7 Å². The summed E-state index contributed by atoms with van der Waals surface area (Å²) in [6, 6.07) is 23.5. The molecule has 5 aromatic rings. The van der Waals surface area contributed by atoms with E-state index < -0.39 is 0 Å². The average Bonchev–Trinajstić information content (AvgIpc) is 3.31. The SMILES string of the molecule is Cc1ccc(OCCCOc2cccc(/C=c3/sc4nc5ccccc5n4c3=O)c2)cc1. The van der Waals surface area contributed by atoms with Gasteiger partial charge in [0.1, 0.15) is 11.5 Å². The van der Waals surface area contributed by atoms with Gasteiger partial charge in [0.05, 0.1) is 28.8 Å². The van der Waals surface area contributed by atoms with Crippen molar-refractivity contribution >= 4 is 33.4 Å². The van der Waals surface area contributed by atoms with E-state index in [0.717, 1.165) is 34.5 Å². The van der Waals surface area contributed by atoms with Gasteiger partial charge in [-0.3, -0.25) is 4.79 Å². The third kappa shape index (κ3) is 4.22. The van der Waals surface area contributed by atoms with Crippen LogP contribution in [0, 0.1) is 6.92 Å². The Morgan fingerprint density at radius 3 is 2.56 bits per heavy atom. The lowest BCUT2D eigenvalue weighted by atomic mass is 10.2. The highest BCUT2D eigenvalue weighted by atomic mass is 32.1. The molecule has 160 valence electrons. The van der Waals surface area contributed by atoms with E-state index in [1.165, 1.54) is 16.9 Å². The van der Waals surface area contributed by atoms with Crippen LogP contribution >= 0.6 is 11.3 Å². The minimum atomic E-state index is -0.0433. The number of ether oxygens (including phenoxy) is 2. The maximum absolute atomic E-state index is 12.9. The highest BCUT2D eigenvalue weighted by molar-refractivity contribution is 7.15. The van der Waals surface area contributed by atoms with E-state index in [4.69, 9.17) is 9.47 Å². The van der Waals surface area contributed by atoms with Crippen molar-refractivity contribution in [3.63, 3.8) is 0 Å². The van der Waals surface area contributed by atoms with Crippen molar-refractivity contribution in [1.29, 1.82) is 0 Å². The monoisotopic (exact) mass is 442 g/mol. The number of thiazole rings is 1. The van der Waals surface area contributed by atoms with Crippen LogP contribution in [-0.2, 0) is 0 Å². The van der Waals surface area contributed by atoms with Crippen LogP contribution < -0.4 is 19.6 Å². The van der Waals surface area contributed by atoms with Crippen LogP contribution in [0.25, 0.3) is 22.1 Å². The maximum Gasteiger partial charge on any atom is 0.274 e. The largest absolute Gasteiger partial charge is 0.493 e. The molecule has 0 bridgehead atoms. The maximum atomic E-state index is 12.9. The summed E-state index contributed by atoms with van der Waals surface area (Å²) >= 11 is 1.40.